The molecule has 9 heteroatoms. The average molecular weight is 279 g/mol. The predicted molar refractivity (Wildman–Crippen MR) is 47.8 cm³/mol. The zero-order valence-corrected chi connectivity index (χ0v) is 9.05. The van der Waals surface area contributed by atoms with Crippen molar-refractivity contribution < 1.29 is 36.2 Å². The number of carboxylic acid groups (broad SMARTS) is 1. The Labute approximate surface area is 98.4 Å². The van der Waals surface area contributed by atoms with E-state index in [0.717, 1.165) is 0 Å². The van der Waals surface area contributed by atoms with E-state index in [1.807, 2.05) is 0 Å². The summed E-state index contributed by atoms with van der Waals surface area (Å²) in [5.74, 6) is -4.95. The maximum absolute atomic E-state index is 12.4. The molecular formula is C9H11F6NO2. The van der Waals surface area contributed by atoms with E-state index in [1.165, 1.54) is 0 Å². The number of nitrogens with zero attached hydrogens (tertiary/aromatic N) is 1. The zero-order valence-electron chi connectivity index (χ0n) is 9.05. The van der Waals surface area contributed by atoms with Crippen LogP contribution >= 0.6 is 0 Å². The lowest BCUT2D eigenvalue weighted by Gasteiger charge is -2.27. The second kappa shape index (κ2) is 4.94. The van der Waals surface area contributed by atoms with Gasteiger partial charge in [-0.05, 0) is 12.8 Å². The number of alkyl halides is 6. The van der Waals surface area contributed by atoms with Crippen molar-refractivity contribution in [1.82, 2.24) is 4.90 Å². The molecule has 3 nitrogen and oxygen atoms in total. The van der Waals surface area contributed by atoms with Crippen LogP contribution in [-0.4, -0.2) is 47.5 Å². The summed E-state index contributed by atoms with van der Waals surface area (Å²) in [4.78, 5) is 11.0. The summed E-state index contributed by atoms with van der Waals surface area (Å²) in [5.41, 5.74) is 0. The topological polar surface area (TPSA) is 40.5 Å². The van der Waals surface area contributed by atoms with Crippen molar-refractivity contribution in [3.8, 4) is 0 Å². The van der Waals surface area contributed by atoms with Gasteiger partial charge in [0.1, 0.15) is 0 Å². The fourth-order valence-electron chi connectivity index (χ4n) is 1.57. The van der Waals surface area contributed by atoms with Crippen LogP contribution < -0.4 is 0 Å². The Hall–Kier alpha value is -0.990. The lowest BCUT2D eigenvalue weighted by molar-refractivity contribution is -0.202. The lowest BCUT2D eigenvalue weighted by atomic mass is 10.1. The number of aliphatic carboxylic acids is 1. The summed E-state index contributed by atoms with van der Waals surface area (Å²) in [6, 6.07) is -0.601. The smallest absolute Gasteiger partial charge is 0.403 e. The van der Waals surface area contributed by atoms with E-state index in [1.54, 1.807) is 0 Å². The molecule has 0 spiro atoms. The zero-order chi connectivity index (χ0) is 14.1. The van der Waals surface area contributed by atoms with Crippen LogP contribution in [0.4, 0.5) is 26.3 Å². The van der Waals surface area contributed by atoms with Crippen LogP contribution in [-0.2, 0) is 4.79 Å². The largest absolute Gasteiger partial charge is 0.481 e. The summed E-state index contributed by atoms with van der Waals surface area (Å²) in [5, 5.41) is 8.43. The fraction of sp³-hybridized carbons (Fsp3) is 0.889. The highest BCUT2D eigenvalue weighted by molar-refractivity contribution is 5.71. The molecule has 1 N–H and O–H groups in total. The second-order valence-corrected chi connectivity index (χ2v) is 4.21. The van der Waals surface area contributed by atoms with Crippen LogP contribution in [0.15, 0.2) is 0 Å². The molecule has 18 heavy (non-hydrogen) atoms. The minimum Gasteiger partial charge on any atom is -0.481 e. The second-order valence-electron chi connectivity index (χ2n) is 4.21. The average Bonchev–Trinajstić information content (AvgIpc) is 2.89. The summed E-state index contributed by atoms with van der Waals surface area (Å²) in [6.07, 6.45) is -8.97. The van der Waals surface area contributed by atoms with Gasteiger partial charge in [0, 0.05) is 12.6 Å². The molecule has 1 aliphatic rings. The van der Waals surface area contributed by atoms with Crippen LogP contribution in [0, 0.1) is 5.92 Å². The van der Waals surface area contributed by atoms with Crippen molar-refractivity contribution in [1.29, 1.82) is 0 Å². The van der Waals surface area contributed by atoms with Gasteiger partial charge >= 0.3 is 18.3 Å². The van der Waals surface area contributed by atoms with Gasteiger partial charge in [-0.2, -0.15) is 26.3 Å². The summed E-state index contributed by atoms with van der Waals surface area (Å²) < 4.78 is 73.6. The van der Waals surface area contributed by atoms with E-state index in [4.69, 9.17) is 5.11 Å². The molecule has 1 atom stereocenters. The molecule has 0 radical (unpaired) electrons. The Bertz CT molecular complexity index is 309. The van der Waals surface area contributed by atoms with Crippen molar-refractivity contribution in [3.63, 3.8) is 0 Å². The first kappa shape index (κ1) is 15.1. The molecule has 1 unspecified atom stereocenters. The van der Waals surface area contributed by atoms with Gasteiger partial charge in [0.25, 0.3) is 0 Å². The highest BCUT2D eigenvalue weighted by Gasteiger charge is 2.49. The van der Waals surface area contributed by atoms with Gasteiger partial charge in [-0.25, -0.2) is 0 Å². The van der Waals surface area contributed by atoms with E-state index < -0.39 is 43.4 Å². The number of halogens is 6. The van der Waals surface area contributed by atoms with Gasteiger partial charge in [0.05, 0.1) is 6.54 Å². The van der Waals surface area contributed by atoms with Gasteiger partial charge in [0.2, 0.25) is 0 Å². The Balaban J connectivity index is 2.72. The van der Waals surface area contributed by atoms with Crippen LogP contribution in [0.25, 0.3) is 0 Å². The minimum atomic E-state index is -5.05. The third-order valence-corrected chi connectivity index (χ3v) is 2.56. The van der Waals surface area contributed by atoms with E-state index in [0.29, 0.717) is 17.7 Å². The van der Waals surface area contributed by atoms with Gasteiger partial charge in [-0.1, -0.05) is 0 Å². The predicted octanol–water partition coefficient (Wildman–Crippen LogP) is 2.28. The normalized spacial score (nSPS) is 19.1. The van der Waals surface area contributed by atoms with Gasteiger partial charge in [-0.3, -0.25) is 9.69 Å². The van der Waals surface area contributed by atoms with Crippen molar-refractivity contribution in [2.75, 3.05) is 13.1 Å². The van der Waals surface area contributed by atoms with E-state index in [-0.39, 0.29) is 0 Å². The molecule has 1 aliphatic carbocycles. The molecule has 0 aromatic heterocycles. The Morgan fingerprint density at radius 2 is 1.72 bits per heavy atom. The Kier molecular flexibility index (Phi) is 4.14. The molecule has 0 amide bonds. The Morgan fingerprint density at radius 1 is 1.22 bits per heavy atom. The first-order valence-electron chi connectivity index (χ1n) is 5.11. The quantitative estimate of drug-likeness (QED) is 0.785. The van der Waals surface area contributed by atoms with Crippen LogP contribution in [0.1, 0.15) is 12.8 Å². The fourth-order valence-corrected chi connectivity index (χ4v) is 1.57. The van der Waals surface area contributed by atoms with Gasteiger partial charge in [0.15, 0.2) is 5.92 Å². The molecule has 0 aromatic carbocycles. The first-order chi connectivity index (χ1) is 8.00. The number of carboxylic acids is 1. The van der Waals surface area contributed by atoms with Crippen molar-refractivity contribution in [3.05, 3.63) is 0 Å². The van der Waals surface area contributed by atoms with E-state index in [2.05, 4.69) is 0 Å². The number of hydrogen-bond acceptors (Lipinski definition) is 2. The van der Waals surface area contributed by atoms with Gasteiger partial charge in [-0.15, -0.1) is 0 Å². The lowest BCUT2D eigenvalue weighted by Crippen LogP contribution is -2.45. The maximum atomic E-state index is 12.4. The van der Waals surface area contributed by atoms with E-state index >= 15 is 0 Å². The number of rotatable bonds is 5. The van der Waals surface area contributed by atoms with Crippen LogP contribution in [0.5, 0.6) is 0 Å². The third kappa shape index (κ3) is 4.71. The first-order valence-corrected chi connectivity index (χ1v) is 5.11. The molecule has 1 rings (SSSR count). The molecule has 1 fully saturated rings. The minimum absolute atomic E-state index is 0.361. The molecular weight excluding hydrogens is 268 g/mol. The molecule has 0 bridgehead atoms. The SMILES string of the molecule is O=C(O)C(CN(CC(F)(F)F)C1CC1)C(F)(F)F. The summed E-state index contributed by atoms with van der Waals surface area (Å²) in [7, 11) is 0. The maximum Gasteiger partial charge on any atom is 0.403 e. The molecule has 0 heterocycles. The van der Waals surface area contributed by atoms with Crippen molar-refractivity contribution in [2.24, 2.45) is 5.92 Å². The van der Waals surface area contributed by atoms with Crippen molar-refractivity contribution in [2.45, 2.75) is 31.2 Å². The van der Waals surface area contributed by atoms with Crippen LogP contribution in [0.2, 0.25) is 0 Å². The van der Waals surface area contributed by atoms with Crippen molar-refractivity contribution >= 4 is 5.97 Å². The summed E-state index contributed by atoms with van der Waals surface area (Å²) >= 11 is 0. The number of carbonyl (C=O) groups is 1. The standard InChI is InChI=1S/C9H11F6NO2/c10-8(11,12)4-16(5-1-2-5)3-6(7(17)18)9(13,14)15/h5-6H,1-4H2,(H,17,18). The third-order valence-electron chi connectivity index (χ3n) is 2.56. The molecule has 0 aliphatic heterocycles. The number of hydrogen-bond donors (Lipinski definition) is 1. The summed E-state index contributed by atoms with van der Waals surface area (Å²) in [6.45, 7) is -2.68. The monoisotopic (exact) mass is 279 g/mol. The van der Waals surface area contributed by atoms with Gasteiger partial charge < -0.3 is 5.11 Å². The highest BCUT2D eigenvalue weighted by Crippen LogP contribution is 2.34. The molecule has 1 saturated carbocycles. The highest BCUT2D eigenvalue weighted by atomic mass is 19.4. The molecule has 0 aromatic rings. The molecule has 0 saturated heterocycles. The molecule has 106 valence electrons. The van der Waals surface area contributed by atoms with E-state index in [9.17, 15) is 31.1 Å². The Morgan fingerprint density at radius 3 is 2.00 bits per heavy atom. The van der Waals surface area contributed by atoms with Crippen LogP contribution in [0.3, 0.4) is 0 Å².